The second-order valence-corrected chi connectivity index (χ2v) is 7.54. The highest BCUT2D eigenvalue weighted by molar-refractivity contribution is 6.13. The van der Waals surface area contributed by atoms with Gasteiger partial charge in [0, 0.05) is 36.1 Å². The van der Waals surface area contributed by atoms with Crippen molar-refractivity contribution < 1.29 is 9.59 Å². The van der Waals surface area contributed by atoms with Gasteiger partial charge in [-0.05, 0) is 25.7 Å². The van der Waals surface area contributed by atoms with Crippen molar-refractivity contribution in [1.29, 1.82) is 0 Å². The van der Waals surface area contributed by atoms with E-state index in [4.69, 9.17) is 0 Å². The monoisotopic (exact) mass is 375 g/mol. The lowest BCUT2D eigenvalue weighted by molar-refractivity contribution is -0.136. The second kappa shape index (κ2) is 8.38. The van der Waals surface area contributed by atoms with E-state index in [-0.39, 0.29) is 23.7 Å². The molecule has 1 aliphatic carbocycles. The predicted octanol–water partition coefficient (Wildman–Crippen LogP) is 3.20. The third-order valence-electron chi connectivity index (χ3n) is 5.48. The van der Waals surface area contributed by atoms with E-state index in [2.05, 4.69) is 10.5 Å². The lowest BCUT2D eigenvalue weighted by Gasteiger charge is -2.31. The van der Waals surface area contributed by atoms with Crippen molar-refractivity contribution in [3.05, 3.63) is 71.8 Å². The van der Waals surface area contributed by atoms with E-state index in [1.54, 1.807) is 0 Å². The Bertz CT molecular complexity index is 810. The number of hydrazone groups is 1. The molecule has 0 aromatic heterocycles. The van der Waals surface area contributed by atoms with Gasteiger partial charge in [0.1, 0.15) is 0 Å². The summed E-state index contributed by atoms with van der Waals surface area (Å²) in [5.74, 6) is 0.351. The minimum absolute atomic E-state index is 0.0668. The van der Waals surface area contributed by atoms with E-state index in [1.807, 2.05) is 65.6 Å². The normalized spacial score (nSPS) is 17.1. The van der Waals surface area contributed by atoms with Crippen LogP contribution in [0.25, 0.3) is 0 Å². The third-order valence-corrected chi connectivity index (χ3v) is 5.48. The molecule has 28 heavy (non-hydrogen) atoms. The van der Waals surface area contributed by atoms with Crippen LogP contribution in [0.2, 0.25) is 0 Å². The van der Waals surface area contributed by atoms with Crippen molar-refractivity contribution in [1.82, 2.24) is 10.3 Å². The number of nitrogens with one attached hydrogen (secondary N) is 1. The predicted molar refractivity (Wildman–Crippen MR) is 109 cm³/mol. The fourth-order valence-electron chi connectivity index (χ4n) is 3.64. The van der Waals surface area contributed by atoms with Crippen molar-refractivity contribution >= 4 is 17.5 Å². The van der Waals surface area contributed by atoms with Crippen LogP contribution in [0.4, 0.5) is 0 Å². The maximum Gasteiger partial charge on any atom is 0.243 e. The Morgan fingerprint density at radius 1 is 0.786 bits per heavy atom. The zero-order valence-corrected chi connectivity index (χ0v) is 15.9. The first kappa shape index (κ1) is 18.4. The molecular formula is C23H25N3O2. The van der Waals surface area contributed by atoms with Crippen molar-refractivity contribution in [2.75, 3.05) is 13.1 Å². The van der Waals surface area contributed by atoms with E-state index < -0.39 is 0 Å². The zero-order chi connectivity index (χ0) is 19.3. The number of rotatable bonds is 5. The number of hydrogen-bond donors (Lipinski definition) is 1. The van der Waals surface area contributed by atoms with Crippen LogP contribution >= 0.6 is 0 Å². The summed E-state index contributed by atoms with van der Waals surface area (Å²) in [5, 5.41) is 4.47. The molecule has 4 rings (SSSR count). The zero-order valence-electron chi connectivity index (χ0n) is 15.9. The van der Waals surface area contributed by atoms with Crippen LogP contribution < -0.4 is 5.43 Å². The molecule has 5 nitrogen and oxygen atoms in total. The summed E-state index contributed by atoms with van der Waals surface area (Å²) < 4.78 is 0. The Labute approximate surface area is 165 Å². The topological polar surface area (TPSA) is 61.8 Å². The number of hydrogen-bond acceptors (Lipinski definition) is 3. The van der Waals surface area contributed by atoms with Gasteiger partial charge >= 0.3 is 0 Å². The number of carbonyl (C=O) groups excluding carboxylic acids is 2. The number of likely N-dealkylation sites (tertiary alicyclic amines) is 1. The highest BCUT2D eigenvalue weighted by atomic mass is 16.2. The average Bonchev–Trinajstić information content (AvgIpc) is 3.60. The number of carbonyl (C=O) groups is 2. The Balaban J connectivity index is 1.42. The molecule has 2 fully saturated rings. The highest BCUT2D eigenvalue weighted by Gasteiger charge is 2.35. The molecular weight excluding hydrogens is 350 g/mol. The van der Waals surface area contributed by atoms with Crippen LogP contribution in [0.3, 0.4) is 0 Å². The second-order valence-electron chi connectivity index (χ2n) is 7.54. The van der Waals surface area contributed by atoms with Crippen molar-refractivity contribution in [3.63, 3.8) is 0 Å². The lowest BCUT2D eigenvalue weighted by Crippen LogP contribution is -2.43. The van der Waals surface area contributed by atoms with E-state index in [9.17, 15) is 9.59 Å². The molecule has 0 radical (unpaired) electrons. The molecule has 1 N–H and O–H groups in total. The van der Waals surface area contributed by atoms with Crippen LogP contribution in [-0.4, -0.2) is 35.5 Å². The van der Waals surface area contributed by atoms with Gasteiger partial charge in [0.2, 0.25) is 11.8 Å². The molecule has 1 saturated carbocycles. The molecule has 1 aliphatic heterocycles. The summed E-state index contributed by atoms with van der Waals surface area (Å²) in [6.07, 6.45) is 3.45. The van der Waals surface area contributed by atoms with E-state index >= 15 is 0 Å². The number of amides is 2. The molecule has 1 heterocycles. The quantitative estimate of drug-likeness (QED) is 0.644. The van der Waals surface area contributed by atoms with Crippen LogP contribution in [0.15, 0.2) is 65.8 Å². The molecule has 0 spiro atoms. The molecule has 1 saturated heterocycles. The number of nitrogens with zero attached hydrogens (tertiary/aromatic N) is 2. The summed E-state index contributed by atoms with van der Waals surface area (Å²) in [4.78, 5) is 26.8. The third kappa shape index (κ3) is 4.30. The van der Waals surface area contributed by atoms with E-state index in [1.165, 1.54) is 0 Å². The smallest absolute Gasteiger partial charge is 0.243 e. The maximum absolute atomic E-state index is 12.7. The number of benzene rings is 2. The maximum atomic E-state index is 12.7. The first-order valence-corrected chi connectivity index (χ1v) is 9.99. The lowest BCUT2D eigenvalue weighted by atomic mass is 9.96. The first-order valence-electron chi connectivity index (χ1n) is 9.99. The summed E-state index contributed by atoms with van der Waals surface area (Å²) >= 11 is 0. The Kier molecular flexibility index (Phi) is 5.51. The molecule has 144 valence electrons. The standard InChI is InChI=1S/C23H25N3O2/c27-22(19-13-15-26(16-14-19)23(28)20-11-12-20)25-24-21(17-7-3-1-4-8-17)18-9-5-2-6-10-18/h1-10,19-20H,11-16H2,(H,25,27). The van der Waals surface area contributed by atoms with E-state index in [0.717, 1.165) is 29.7 Å². The van der Waals surface area contributed by atoms with Gasteiger partial charge in [-0.3, -0.25) is 9.59 Å². The minimum atomic E-state index is -0.0974. The van der Waals surface area contributed by atoms with Gasteiger partial charge in [-0.2, -0.15) is 5.10 Å². The molecule has 0 bridgehead atoms. The first-order chi connectivity index (χ1) is 13.7. The van der Waals surface area contributed by atoms with Crippen LogP contribution in [0, 0.1) is 11.8 Å². The molecule has 5 heteroatoms. The van der Waals surface area contributed by atoms with Gasteiger partial charge in [0.05, 0.1) is 5.71 Å². The van der Waals surface area contributed by atoms with Crippen LogP contribution in [-0.2, 0) is 9.59 Å². The van der Waals surface area contributed by atoms with Gasteiger partial charge in [-0.25, -0.2) is 5.43 Å². The Morgan fingerprint density at radius 2 is 1.32 bits per heavy atom. The van der Waals surface area contributed by atoms with Crippen LogP contribution in [0.1, 0.15) is 36.8 Å². The number of piperidine rings is 1. The summed E-state index contributed by atoms with van der Waals surface area (Å²) in [7, 11) is 0. The van der Waals surface area contributed by atoms with Gasteiger partial charge in [-0.1, -0.05) is 60.7 Å². The Hall–Kier alpha value is -2.95. The van der Waals surface area contributed by atoms with Crippen LogP contribution in [0.5, 0.6) is 0 Å². The summed E-state index contributed by atoms with van der Waals surface area (Å²) in [6.45, 7) is 1.34. The summed E-state index contributed by atoms with van der Waals surface area (Å²) in [6, 6.07) is 19.7. The molecule has 2 aliphatic rings. The largest absolute Gasteiger partial charge is 0.342 e. The fraction of sp³-hybridized carbons (Fsp3) is 0.348. The molecule has 0 unspecified atom stereocenters. The van der Waals surface area contributed by atoms with Crippen molar-refractivity contribution in [2.45, 2.75) is 25.7 Å². The molecule has 2 amide bonds. The summed E-state index contributed by atoms with van der Waals surface area (Å²) in [5.41, 5.74) is 5.43. The Morgan fingerprint density at radius 3 is 1.82 bits per heavy atom. The van der Waals surface area contributed by atoms with Gasteiger partial charge < -0.3 is 4.90 Å². The van der Waals surface area contributed by atoms with Gasteiger partial charge in [0.15, 0.2) is 0 Å². The van der Waals surface area contributed by atoms with Crippen molar-refractivity contribution in [3.8, 4) is 0 Å². The van der Waals surface area contributed by atoms with Gasteiger partial charge in [0.25, 0.3) is 0 Å². The molecule has 2 aromatic carbocycles. The van der Waals surface area contributed by atoms with Crippen molar-refractivity contribution in [2.24, 2.45) is 16.9 Å². The molecule has 2 aromatic rings. The average molecular weight is 375 g/mol. The highest BCUT2D eigenvalue weighted by Crippen LogP contribution is 2.32. The fourth-order valence-corrected chi connectivity index (χ4v) is 3.64. The molecule has 0 atom stereocenters. The minimum Gasteiger partial charge on any atom is -0.342 e. The SMILES string of the molecule is O=C(NN=C(c1ccccc1)c1ccccc1)C1CCN(C(=O)C2CC2)CC1. The van der Waals surface area contributed by atoms with E-state index in [0.29, 0.717) is 25.9 Å². The van der Waals surface area contributed by atoms with Gasteiger partial charge in [-0.15, -0.1) is 0 Å².